The Balaban J connectivity index is 0.000000219. The molecule has 0 aliphatic heterocycles. The van der Waals surface area contributed by atoms with E-state index >= 15 is 0 Å². The third-order valence-corrected chi connectivity index (χ3v) is 14.8. The van der Waals surface area contributed by atoms with Crippen molar-refractivity contribution >= 4 is 27.3 Å². The Bertz CT molecular complexity index is 2840. The minimum Gasteiger partial charge on any atom is -0.512 e. The number of hydrogen-bond donors (Lipinski definition) is 1. The number of halogens is 3. The van der Waals surface area contributed by atoms with Crippen LogP contribution in [0.2, 0.25) is 0 Å². The molecule has 395 valence electrons. The number of allylic oxidation sites excluding steroid dienone is 2. The van der Waals surface area contributed by atoms with Crippen LogP contribution in [-0.4, -0.2) is 27.0 Å². The zero-order chi connectivity index (χ0) is 55.9. The number of rotatable bonds is 11. The molecule has 0 bridgehead atoms. The van der Waals surface area contributed by atoms with Crippen LogP contribution in [-0.2, 0) is 35.7 Å². The van der Waals surface area contributed by atoms with Crippen LogP contribution < -0.4 is 0 Å². The van der Waals surface area contributed by atoms with Gasteiger partial charge in [0.05, 0.1) is 17.7 Å². The second kappa shape index (κ2) is 26.2. The molecule has 8 rings (SSSR count). The molecule has 2 fully saturated rings. The molecule has 0 spiro atoms. The van der Waals surface area contributed by atoms with Crippen LogP contribution in [0.15, 0.2) is 96.9 Å². The van der Waals surface area contributed by atoms with Crippen LogP contribution in [0.25, 0.3) is 44.1 Å². The zero-order valence-electron chi connectivity index (χ0n) is 49.3. The summed E-state index contributed by atoms with van der Waals surface area (Å²) in [4.78, 5) is 20.7. The standard InChI is InChI=1S/2C26H30N.C13H21F3O2.Ir/c2*1-18-14-22(17-23(15-18)26(2,3)4)25-24-11-10-20(16-21(24)12-13-27-25)19-8-6-5-7-9-19;1-4-9(5-2)11(17)7-12(18)10(6-3)8-13(14,15)16;/h2*10-13,15-17,19H,5-9H2,1-4H3;7,9-10,18H,4-6,8H2,1-3H3;/q2*-1;;/b;;12-7-;/i2*12D,13D;;. The molecule has 2 aliphatic rings. The van der Waals surface area contributed by atoms with Crippen LogP contribution >= 0.6 is 0 Å². The number of aryl methyl sites for hydroxylation is 2. The predicted octanol–water partition coefficient (Wildman–Crippen LogP) is 19.1. The Morgan fingerprint density at radius 2 is 1.05 bits per heavy atom. The second-order valence-electron chi connectivity index (χ2n) is 22.5. The first-order chi connectivity index (χ1) is 35.7. The summed E-state index contributed by atoms with van der Waals surface area (Å²) in [6.45, 7) is 22.6. The van der Waals surface area contributed by atoms with Gasteiger partial charge in [0, 0.05) is 50.4 Å². The van der Waals surface area contributed by atoms with Crippen LogP contribution in [0.5, 0.6) is 0 Å². The molecule has 2 aliphatic carbocycles. The van der Waals surface area contributed by atoms with E-state index in [1.54, 1.807) is 6.92 Å². The van der Waals surface area contributed by atoms with Gasteiger partial charge in [0.25, 0.3) is 0 Å². The van der Waals surface area contributed by atoms with E-state index in [-0.39, 0.29) is 73.5 Å². The maximum atomic E-state index is 12.3. The van der Waals surface area contributed by atoms with Gasteiger partial charge in [0.15, 0.2) is 5.78 Å². The van der Waals surface area contributed by atoms with Gasteiger partial charge in [-0.15, -0.1) is 69.8 Å². The Morgan fingerprint density at radius 3 is 1.41 bits per heavy atom. The average molecular weight is 1180 g/mol. The molecule has 1 unspecified atom stereocenters. The fourth-order valence-electron chi connectivity index (χ4n) is 10.3. The Labute approximate surface area is 455 Å². The van der Waals surface area contributed by atoms with E-state index < -0.39 is 24.3 Å². The minimum atomic E-state index is -4.33. The van der Waals surface area contributed by atoms with Gasteiger partial charge in [-0.1, -0.05) is 151 Å². The van der Waals surface area contributed by atoms with Gasteiger partial charge in [0.1, 0.15) is 0 Å². The molecular formula is C65H81F3IrN2O2-2. The van der Waals surface area contributed by atoms with Crippen molar-refractivity contribution < 1.29 is 48.7 Å². The molecule has 4 aromatic carbocycles. The smallest absolute Gasteiger partial charge is 0.389 e. The van der Waals surface area contributed by atoms with Crippen LogP contribution in [0.1, 0.15) is 203 Å². The molecule has 2 saturated carbocycles. The van der Waals surface area contributed by atoms with Gasteiger partial charge in [-0.05, 0) is 124 Å². The summed E-state index contributed by atoms with van der Waals surface area (Å²) in [7, 11) is 0. The SMILES string of the molecule is CCC(CC)C(=O)/C=C(\O)C(CC)CC(F)(F)F.[2H]c1nc(-c2[c-]c(C)cc(C(C)(C)C)c2)c2ccc(C3CCCCC3)cc2c1[2H].[2H]c1nc(-c2[c-]c(C)cc(C(C)(C)C)c2)c2ccc(C3CCCCC3)cc2c1[2H].[Ir]. The molecule has 0 saturated heterocycles. The number of aliphatic hydroxyl groups is 1. The van der Waals surface area contributed by atoms with Gasteiger partial charge in [0.2, 0.25) is 0 Å². The summed E-state index contributed by atoms with van der Waals surface area (Å²) in [5.41, 5.74) is 10.7. The summed E-state index contributed by atoms with van der Waals surface area (Å²) >= 11 is 0. The number of aliphatic hydroxyl groups excluding tert-OH is 1. The molecule has 6 aromatic rings. The number of fused-ring (bicyclic) bond motifs is 2. The largest absolute Gasteiger partial charge is 0.512 e. The first kappa shape index (κ1) is 53.2. The Kier molecular flexibility index (Phi) is 19.1. The zero-order valence-corrected chi connectivity index (χ0v) is 47.7. The molecule has 2 aromatic heterocycles. The predicted molar refractivity (Wildman–Crippen MR) is 295 cm³/mol. The summed E-state index contributed by atoms with van der Waals surface area (Å²) in [5, 5.41) is 13.2. The summed E-state index contributed by atoms with van der Waals surface area (Å²) < 4.78 is 70.4. The number of ketones is 1. The molecule has 1 N–H and O–H groups in total. The van der Waals surface area contributed by atoms with Gasteiger partial charge >= 0.3 is 6.18 Å². The minimum absolute atomic E-state index is 0. The van der Waals surface area contributed by atoms with E-state index in [0.29, 0.717) is 24.7 Å². The van der Waals surface area contributed by atoms with Gasteiger partial charge in [-0.3, -0.25) is 4.79 Å². The topological polar surface area (TPSA) is 63.1 Å². The monoisotopic (exact) mass is 1180 g/mol. The van der Waals surface area contributed by atoms with Crippen molar-refractivity contribution in [2.24, 2.45) is 11.8 Å². The van der Waals surface area contributed by atoms with Crippen molar-refractivity contribution in [3.05, 3.63) is 142 Å². The van der Waals surface area contributed by atoms with Gasteiger partial charge in [-0.2, -0.15) is 13.2 Å². The first-order valence-corrected chi connectivity index (χ1v) is 26.6. The number of pyridine rings is 2. The van der Waals surface area contributed by atoms with Crippen LogP contribution in [0, 0.1) is 37.8 Å². The second-order valence-corrected chi connectivity index (χ2v) is 22.5. The summed E-state index contributed by atoms with van der Waals surface area (Å²) in [5.74, 6) is -0.837. The maximum absolute atomic E-state index is 12.3. The average Bonchev–Trinajstić information content (AvgIpc) is 3.37. The summed E-state index contributed by atoms with van der Waals surface area (Å²) in [6.07, 6.45) is 9.74. The van der Waals surface area contributed by atoms with E-state index in [4.69, 9.17) is 5.48 Å². The molecular weight excluding hydrogens is 1090 g/mol. The molecule has 4 nitrogen and oxygen atoms in total. The van der Waals surface area contributed by atoms with Crippen molar-refractivity contribution in [2.45, 2.75) is 195 Å². The van der Waals surface area contributed by atoms with Crippen LogP contribution in [0.3, 0.4) is 0 Å². The van der Waals surface area contributed by atoms with Crippen molar-refractivity contribution in [1.82, 2.24) is 9.97 Å². The van der Waals surface area contributed by atoms with E-state index in [2.05, 4.69) is 138 Å². The molecule has 2 heterocycles. The van der Waals surface area contributed by atoms with Crippen LogP contribution in [0.4, 0.5) is 13.2 Å². The number of carbonyl (C=O) groups excluding carboxylic acids is 1. The number of alkyl halides is 3. The van der Waals surface area contributed by atoms with Crippen molar-refractivity contribution in [3.63, 3.8) is 0 Å². The third-order valence-electron chi connectivity index (χ3n) is 14.8. The van der Waals surface area contributed by atoms with E-state index in [1.807, 2.05) is 13.8 Å². The number of benzene rings is 4. The number of aromatic nitrogens is 2. The Morgan fingerprint density at radius 1 is 0.658 bits per heavy atom. The maximum Gasteiger partial charge on any atom is 0.389 e. The normalized spacial score (nSPS) is 16.3. The fraction of sp³-hybridized carbons (Fsp3) is 0.492. The fourth-order valence-corrected chi connectivity index (χ4v) is 10.3. The molecule has 8 heteroatoms. The summed E-state index contributed by atoms with van der Waals surface area (Å²) in [6, 6.07) is 28.9. The van der Waals surface area contributed by atoms with Crippen molar-refractivity contribution in [1.29, 1.82) is 0 Å². The van der Waals surface area contributed by atoms with E-state index in [9.17, 15) is 23.1 Å². The van der Waals surface area contributed by atoms with E-state index in [0.717, 1.165) is 61.3 Å². The van der Waals surface area contributed by atoms with Gasteiger partial charge in [-0.25, -0.2) is 0 Å². The molecule has 1 radical (unpaired) electrons. The quantitative estimate of drug-likeness (QED) is 0.0798. The molecule has 73 heavy (non-hydrogen) atoms. The van der Waals surface area contributed by atoms with Crippen molar-refractivity contribution in [2.75, 3.05) is 0 Å². The van der Waals surface area contributed by atoms with E-state index in [1.165, 1.54) is 86.5 Å². The molecule has 0 amide bonds. The van der Waals surface area contributed by atoms with Gasteiger partial charge < -0.3 is 15.1 Å². The number of hydrogen-bond acceptors (Lipinski definition) is 4. The number of carbonyl (C=O) groups is 1. The van der Waals surface area contributed by atoms with Crippen molar-refractivity contribution in [3.8, 4) is 22.5 Å². The third kappa shape index (κ3) is 16.4. The number of nitrogens with zero attached hydrogens (tertiary/aromatic N) is 2. The first-order valence-electron chi connectivity index (χ1n) is 28.6. The Hall–Kier alpha value is -4.65. The molecule has 1 atom stereocenters.